The Morgan fingerprint density at radius 3 is 2.36 bits per heavy atom. The minimum Gasteiger partial charge on any atom is -0.508 e. The second-order valence-corrected chi connectivity index (χ2v) is 7.24. The molecule has 0 radical (unpaired) electrons. The molecule has 1 unspecified atom stereocenters. The van der Waals surface area contributed by atoms with Crippen molar-refractivity contribution in [2.45, 2.75) is 25.2 Å². The van der Waals surface area contributed by atoms with Crippen LogP contribution in [0.25, 0.3) is 16.8 Å². The van der Waals surface area contributed by atoms with E-state index in [2.05, 4.69) is 19.9 Å². The molecule has 0 fully saturated rings. The van der Waals surface area contributed by atoms with E-state index in [0.29, 0.717) is 0 Å². The highest BCUT2D eigenvalue weighted by molar-refractivity contribution is 5.90. The molecular weight excluding hydrogens is 312 g/mol. The van der Waals surface area contributed by atoms with Crippen LogP contribution in [0.3, 0.4) is 0 Å². The Labute approximate surface area is 146 Å². The van der Waals surface area contributed by atoms with Crippen LogP contribution < -0.4 is 0 Å². The van der Waals surface area contributed by atoms with Crippen molar-refractivity contribution in [2.75, 3.05) is 0 Å². The van der Waals surface area contributed by atoms with Gasteiger partial charge in [-0.1, -0.05) is 44.2 Å². The number of hydrogen-bond acceptors (Lipinski definition) is 3. The van der Waals surface area contributed by atoms with Crippen molar-refractivity contribution in [3.05, 3.63) is 71.3 Å². The Kier molecular flexibility index (Phi) is 3.29. The first-order valence-corrected chi connectivity index (χ1v) is 8.34. The summed E-state index contributed by atoms with van der Waals surface area (Å²) in [6, 6.07) is 14.2. The number of hydrogen-bond donors (Lipinski definition) is 3. The van der Waals surface area contributed by atoms with Crippen molar-refractivity contribution in [2.24, 2.45) is 0 Å². The lowest BCUT2D eigenvalue weighted by Crippen LogP contribution is -2.25. The Morgan fingerprint density at radius 1 is 0.840 bits per heavy atom. The van der Waals surface area contributed by atoms with E-state index in [-0.39, 0.29) is 28.6 Å². The topological polar surface area (TPSA) is 60.7 Å². The fourth-order valence-electron chi connectivity index (χ4n) is 4.06. The molecule has 0 aliphatic heterocycles. The maximum Gasteiger partial charge on any atom is 0.119 e. The first-order valence-electron chi connectivity index (χ1n) is 8.34. The number of phenols is 3. The van der Waals surface area contributed by atoms with Gasteiger partial charge in [0.05, 0.1) is 0 Å². The van der Waals surface area contributed by atoms with E-state index in [1.54, 1.807) is 30.3 Å². The van der Waals surface area contributed by atoms with E-state index in [1.165, 1.54) is 0 Å². The van der Waals surface area contributed by atoms with Gasteiger partial charge in [0.2, 0.25) is 0 Å². The van der Waals surface area contributed by atoms with E-state index < -0.39 is 0 Å². The molecule has 25 heavy (non-hydrogen) atoms. The van der Waals surface area contributed by atoms with Crippen LogP contribution in [0.15, 0.2) is 54.6 Å². The predicted octanol–water partition coefficient (Wildman–Crippen LogP) is 5.04. The smallest absolute Gasteiger partial charge is 0.119 e. The van der Waals surface area contributed by atoms with Gasteiger partial charge >= 0.3 is 0 Å². The second-order valence-electron chi connectivity index (χ2n) is 7.24. The molecule has 3 aromatic rings. The zero-order valence-corrected chi connectivity index (χ0v) is 14.2. The average molecular weight is 332 g/mol. The van der Waals surface area contributed by atoms with Crippen molar-refractivity contribution in [3.8, 4) is 17.2 Å². The lowest BCUT2D eigenvalue weighted by molar-refractivity contribution is 0.419. The number of benzene rings is 3. The second kappa shape index (κ2) is 5.28. The number of allylic oxidation sites excluding steroid dienone is 1. The Balaban J connectivity index is 1.92. The largest absolute Gasteiger partial charge is 0.508 e. The lowest BCUT2D eigenvalue weighted by atomic mass is 9.69. The van der Waals surface area contributed by atoms with Gasteiger partial charge in [-0.15, -0.1) is 0 Å². The molecule has 126 valence electrons. The van der Waals surface area contributed by atoms with Crippen molar-refractivity contribution < 1.29 is 15.3 Å². The standard InChI is InChI=1S/C22H20O3/c1-22(2,19-9-3-13-11-15(23)5-7-17(13)19)21-18-8-6-16(24)12-14(18)4-10-20(21)25/h3-12,19,23-25H,1-2H3. The van der Waals surface area contributed by atoms with Crippen LogP contribution in [0.5, 0.6) is 17.2 Å². The Morgan fingerprint density at radius 2 is 1.56 bits per heavy atom. The summed E-state index contributed by atoms with van der Waals surface area (Å²) in [5.74, 6) is 0.797. The Hall–Kier alpha value is -2.94. The fourth-order valence-corrected chi connectivity index (χ4v) is 4.06. The molecule has 4 rings (SSSR count). The quantitative estimate of drug-likeness (QED) is 0.616. The molecule has 3 nitrogen and oxygen atoms in total. The summed E-state index contributed by atoms with van der Waals surface area (Å²) in [5, 5.41) is 32.0. The molecule has 3 N–H and O–H groups in total. The molecule has 3 aromatic carbocycles. The third-order valence-corrected chi connectivity index (χ3v) is 5.28. The summed E-state index contributed by atoms with van der Waals surface area (Å²) in [4.78, 5) is 0. The molecule has 1 atom stereocenters. The zero-order chi connectivity index (χ0) is 17.8. The summed E-state index contributed by atoms with van der Waals surface area (Å²) < 4.78 is 0. The highest BCUT2D eigenvalue weighted by Gasteiger charge is 2.37. The van der Waals surface area contributed by atoms with Crippen LogP contribution in [0.4, 0.5) is 0 Å². The summed E-state index contributed by atoms with van der Waals surface area (Å²) in [7, 11) is 0. The zero-order valence-electron chi connectivity index (χ0n) is 14.2. The normalized spacial score (nSPS) is 16.3. The van der Waals surface area contributed by atoms with E-state index in [1.807, 2.05) is 24.3 Å². The Bertz CT molecular complexity index is 1020. The summed E-state index contributed by atoms with van der Waals surface area (Å²) in [6.45, 7) is 4.23. The van der Waals surface area contributed by atoms with Crippen molar-refractivity contribution in [1.29, 1.82) is 0 Å². The van der Waals surface area contributed by atoms with Gasteiger partial charge in [0.15, 0.2) is 0 Å². The van der Waals surface area contributed by atoms with Crippen LogP contribution in [-0.4, -0.2) is 15.3 Å². The summed E-state index contributed by atoms with van der Waals surface area (Å²) >= 11 is 0. The van der Waals surface area contributed by atoms with Gasteiger partial charge in [0.1, 0.15) is 17.2 Å². The van der Waals surface area contributed by atoms with Crippen LogP contribution in [0, 0.1) is 0 Å². The van der Waals surface area contributed by atoms with Crippen LogP contribution >= 0.6 is 0 Å². The predicted molar refractivity (Wildman–Crippen MR) is 100 cm³/mol. The van der Waals surface area contributed by atoms with Crippen LogP contribution in [0.1, 0.15) is 36.5 Å². The van der Waals surface area contributed by atoms with Crippen molar-refractivity contribution in [3.63, 3.8) is 0 Å². The van der Waals surface area contributed by atoms with E-state index in [0.717, 1.165) is 27.5 Å². The molecule has 0 heterocycles. The van der Waals surface area contributed by atoms with E-state index in [4.69, 9.17) is 0 Å². The highest BCUT2D eigenvalue weighted by atomic mass is 16.3. The monoisotopic (exact) mass is 332 g/mol. The van der Waals surface area contributed by atoms with Gasteiger partial charge in [0, 0.05) is 16.9 Å². The number of phenolic OH excluding ortho intramolecular Hbond substituents is 3. The van der Waals surface area contributed by atoms with E-state index >= 15 is 0 Å². The SMILES string of the molecule is CC(C)(c1c(O)ccc2cc(O)ccc12)C1C=Cc2cc(O)ccc21. The van der Waals surface area contributed by atoms with Gasteiger partial charge in [-0.05, 0) is 52.2 Å². The maximum atomic E-state index is 10.6. The molecule has 3 heteroatoms. The molecule has 0 aromatic heterocycles. The molecular formula is C22H20O3. The molecule has 0 saturated carbocycles. The minimum atomic E-state index is -0.376. The molecule has 0 saturated heterocycles. The number of rotatable bonds is 2. The average Bonchev–Trinajstić information content (AvgIpc) is 2.98. The highest BCUT2D eigenvalue weighted by Crippen LogP contribution is 2.49. The van der Waals surface area contributed by atoms with Gasteiger partial charge < -0.3 is 15.3 Å². The third-order valence-electron chi connectivity index (χ3n) is 5.28. The van der Waals surface area contributed by atoms with Gasteiger partial charge in [-0.25, -0.2) is 0 Å². The fraction of sp³-hybridized carbons (Fsp3) is 0.182. The first kappa shape index (κ1) is 15.6. The minimum absolute atomic E-state index is 0.0772. The van der Waals surface area contributed by atoms with Gasteiger partial charge in [-0.2, -0.15) is 0 Å². The molecule has 1 aliphatic rings. The maximum absolute atomic E-state index is 10.6. The summed E-state index contributed by atoms with van der Waals surface area (Å²) in [6.07, 6.45) is 4.15. The summed E-state index contributed by atoms with van der Waals surface area (Å²) in [5.41, 5.74) is 2.63. The van der Waals surface area contributed by atoms with E-state index in [9.17, 15) is 15.3 Å². The molecule has 1 aliphatic carbocycles. The molecule has 0 amide bonds. The van der Waals surface area contributed by atoms with Gasteiger partial charge in [-0.3, -0.25) is 0 Å². The van der Waals surface area contributed by atoms with Crippen LogP contribution in [-0.2, 0) is 5.41 Å². The van der Waals surface area contributed by atoms with Gasteiger partial charge in [0.25, 0.3) is 0 Å². The number of fused-ring (bicyclic) bond motifs is 2. The molecule has 0 spiro atoms. The lowest BCUT2D eigenvalue weighted by Gasteiger charge is -2.34. The molecule has 0 bridgehead atoms. The first-order chi connectivity index (χ1) is 11.9. The van der Waals surface area contributed by atoms with Crippen molar-refractivity contribution in [1.82, 2.24) is 0 Å². The van der Waals surface area contributed by atoms with Crippen LogP contribution in [0.2, 0.25) is 0 Å². The van der Waals surface area contributed by atoms with Crippen molar-refractivity contribution >= 4 is 16.8 Å². The number of aromatic hydroxyl groups is 3. The third kappa shape index (κ3) is 2.35.